The van der Waals surface area contributed by atoms with E-state index in [2.05, 4.69) is 25.3 Å². The third-order valence-corrected chi connectivity index (χ3v) is 22.3. The Hall–Kier alpha value is -10.8. The normalized spacial score (nSPS) is 20.5. The van der Waals surface area contributed by atoms with Crippen molar-refractivity contribution in [2.24, 2.45) is 17.4 Å². The Morgan fingerprint density at radius 3 is 0.949 bits per heavy atom. The molecule has 0 saturated carbocycles. The number of alkyl carbamates (subject to hydrolysis) is 1. The molecule has 0 aliphatic carbocycles. The fourth-order valence-electron chi connectivity index (χ4n) is 17.2. The number of aromatic nitrogens is 4. The third-order valence-electron chi connectivity index (χ3n) is 22.3. The van der Waals surface area contributed by atoms with Gasteiger partial charge >= 0.3 is 35.9 Å². The van der Waals surface area contributed by atoms with Crippen LogP contribution in [0.3, 0.4) is 0 Å². The number of rotatable bonds is 25. The van der Waals surface area contributed by atoms with Crippen LogP contribution in [0.25, 0.3) is 66.4 Å². The van der Waals surface area contributed by atoms with Crippen LogP contribution in [0.4, 0.5) is 22.4 Å². The van der Waals surface area contributed by atoms with E-state index in [9.17, 15) is 56.7 Å². The Labute approximate surface area is 681 Å². The molecule has 8 heterocycles. The van der Waals surface area contributed by atoms with Gasteiger partial charge in [0, 0.05) is 127 Å². The van der Waals surface area contributed by atoms with E-state index in [1.54, 1.807) is 92.3 Å². The van der Waals surface area contributed by atoms with Gasteiger partial charge in [0.2, 0.25) is 23.6 Å². The number of esters is 5. The van der Waals surface area contributed by atoms with Gasteiger partial charge in [0.15, 0.2) is 0 Å². The lowest BCUT2D eigenvalue weighted by atomic mass is 9.94. The first-order chi connectivity index (χ1) is 55.7. The summed E-state index contributed by atoms with van der Waals surface area (Å²) in [4.78, 5) is 150. The quantitative estimate of drug-likeness (QED) is 0.0159. The minimum atomic E-state index is -0.963. The molecule has 8 aromatic rings. The van der Waals surface area contributed by atoms with Crippen molar-refractivity contribution in [1.82, 2.24) is 44.9 Å². The summed E-state index contributed by atoms with van der Waals surface area (Å²) in [5.41, 5.74) is 17.9. The lowest BCUT2D eigenvalue weighted by Gasteiger charge is -2.30. The highest BCUT2D eigenvalue weighted by atomic mass is 19.1. The maximum Gasteiger partial charge on any atom is 0.408 e. The number of fused-ring (bicyclic) bond motifs is 4. The SMILES string of the molecule is CC[C@H](CC(=O)OC(C)(C)C)C(=O)N1C[C@@H](OC(C)=O)CC1Cc1c(-c2[nH]c3cc(F)ccc3c2C[C@@H]2C[C@H](OC(C)=O)CN2C(=O)[C@H](CC)NC(=O)OC(C)(C)C)[nH]c2cc(F)ccc12.CC[C@H](N)C(=O)N1C[C@@H](OC(C)=O)CC1Cc1c(-c2[nH]c3cc(F)ccc3c2C[C@@H]2C[C@H](OC(C)=O)CN2C(=O)[C@@H](N)CC)[nH]c2cc(F)ccc12. The van der Waals surface area contributed by atoms with Gasteiger partial charge in [-0.05, 0) is 188 Å². The molecule has 4 aliphatic rings. The summed E-state index contributed by atoms with van der Waals surface area (Å²) in [6, 6.07) is 13.2. The van der Waals surface area contributed by atoms with Crippen LogP contribution >= 0.6 is 0 Å². The zero-order valence-electron chi connectivity index (χ0n) is 69.4. The summed E-state index contributed by atoms with van der Waals surface area (Å²) in [6.45, 7) is 23.4. The van der Waals surface area contributed by atoms with Crippen LogP contribution in [0.15, 0.2) is 72.8 Å². The molecule has 118 heavy (non-hydrogen) atoms. The molecule has 9 N–H and O–H groups in total. The third kappa shape index (κ3) is 20.6. The molecule has 31 heteroatoms. The molecule has 4 fully saturated rings. The van der Waals surface area contributed by atoms with Crippen molar-refractivity contribution in [2.45, 2.75) is 258 Å². The fourth-order valence-corrected chi connectivity index (χ4v) is 17.2. The highest BCUT2D eigenvalue weighted by molar-refractivity contribution is 5.99. The molecule has 12 rings (SSSR count). The van der Waals surface area contributed by atoms with E-state index < -0.39 is 149 Å². The zero-order valence-corrected chi connectivity index (χ0v) is 69.4. The number of H-pyrrole nitrogens is 4. The number of halogens is 4. The number of likely N-dealkylation sites (tertiary alicyclic amines) is 4. The van der Waals surface area contributed by atoms with Gasteiger partial charge in [0.1, 0.15) is 64.9 Å². The van der Waals surface area contributed by atoms with Crippen molar-refractivity contribution in [3.63, 3.8) is 0 Å². The van der Waals surface area contributed by atoms with Crippen molar-refractivity contribution in [3.8, 4) is 22.8 Å². The number of nitrogens with two attached hydrogens (primary N) is 2. The van der Waals surface area contributed by atoms with Crippen LogP contribution in [0.2, 0.25) is 0 Å². The molecular formula is C87H109F4N11O16. The van der Waals surface area contributed by atoms with E-state index in [4.69, 9.17) is 39.9 Å². The van der Waals surface area contributed by atoms with Gasteiger partial charge in [-0.1, -0.05) is 27.7 Å². The van der Waals surface area contributed by atoms with Gasteiger partial charge in [-0.2, -0.15) is 0 Å². The molecule has 27 nitrogen and oxygen atoms in total. The number of aromatic amines is 4. The molecule has 4 aromatic carbocycles. The molecule has 2 unspecified atom stereocenters. The van der Waals surface area contributed by atoms with Crippen molar-refractivity contribution in [1.29, 1.82) is 0 Å². The highest BCUT2D eigenvalue weighted by Crippen LogP contribution is 2.44. The number of nitrogens with one attached hydrogen (secondary N) is 5. The summed E-state index contributed by atoms with van der Waals surface area (Å²) in [5, 5.41) is 5.43. The standard InChI is InChI=1S/C49H63F2N5O10.C38H46F2N6O6/c1-11-28(17-42(59)65-48(5,6)7)45(60)55-24-33(63-26(3)57)20-31(55)22-37-35-15-13-29(50)18-40(35)52-43(37)44-38(36-16-14-30(51)19-41(36)53-44)23-32-21-34(64-27(4)58)25-56(32)46(61)39(12-2)54-47(62)66-49(8,9)10;1-5-31(41)37(49)45-17-25(51-19(3)47)13-23(45)15-29-27-9-7-21(39)11-33(27)43-35(29)36-30(28-10-8-22(40)12-34(28)44-36)16-24-14-26(52-20(4)48)18-46(24)38(50)32(42)6-2/h13-16,18-19,28,31-34,39,52-53H,11-12,17,20-25H2,1-10H3,(H,54,62);7-12,23-26,31-32,43-44H,5-6,13-18,41-42H2,1-4H3/t28-,31?,32+,33+,34+,39+;23-,24?,25-,26-,31-,32-/m10/s1. The van der Waals surface area contributed by atoms with Gasteiger partial charge in [0.25, 0.3) is 0 Å². The van der Waals surface area contributed by atoms with Crippen molar-refractivity contribution >= 4 is 103 Å². The number of hydrogen-bond donors (Lipinski definition) is 7. The van der Waals surface area contributed by atoms with Gasteiger partial charge in [0.05, 0.1) is 67.5 Å². The van der Waals surface area contributed by atoms with E-state index in [-0.39, 0.29) is 82.4 Å². The van der Waals surface area contributed by atoms with E-state index in [0.29, 0.717) is 112 Å². The summed E-state index contributed by atoms with van der Waals surface area (Å²) in [6.07, 6.45) is 0.447. The molecule has 0 spiro atoms. The van der Waals surface area contributed by atoms with E-state index in [1.807, 2.05) is 20.8 Å². The lowest BCUT2D eigenvalue weighted by Crippen LogP contribution is -2.51. The Morgan fingerprint density at radius 1 is 0.415 bits per heavy atom. The van der Waals surface area contributed by atoms with Crippen LogP contribution < -0.4 is 16.8 Å². The van der Waals surface area contributed by atoms with E-state index in [1.165, 1.54) is 76.2 Å². The molecule has 636 valence electrons. The minimum Gasteiger partial charge on any atom is -0.461 e. The lowest BCUT2D eigenvalue weighted by molar-refractivity contribution is -0.158. The number of benzene rings is 4. The molecular weight excluding hydrogens is 1530 g/mol. The van der Waals surface area contributed by atoms with Crippen LogP contribution in [0.5, 0.6) is 0 Å². The number of nitrogens with zero attached hydrogens (tertiary/aromatic N) is 4. The largest absolute Gasteiger partial charge is 0.461 e. The van der Waals surface area contributed by atoms with Crippen molar-refractivity contribution < 1.29 is 93.9 Å². The van der Waals surface area contributed by atoms with Crippen LogP contribution in [-0.4, -0.2) is 203 Å². The average Bonchev–Trinajstić information content (AvgIpc) is 1.59. The molecule has 12 atom stereocenters. The second-order valence-electron chi connectivity index (χ2n) is 33.5. The van der Waals surface area contributed by atoms with Crippen LogP contribution in [-0.2, 0) is 97.3 Å². The van der Waals surface area contributed by atoms with Gasteiger partial charge < -0.3 is 84.7 Å². The Morgan fingerprint density at radius 2 is 0.695 bits per heavy atom. The topological polar surface area (TPSA) is 366 Å². The Balaban J connectivity index is 0.000000238. The Kier molecular flexibility index (Phi) is 27.3. The van der Waals surface area contributed by atoms with Gasteiger partial charge in [-0.15, -0.1) is 0 Å². The maximum absolute atomic E-state index is 15.0. The fraction of sp³-hybridized carbons (Fsp3) is 0.517. The minimum absolute atomic E-state index is 0.0561. The number of hydrogen-bond acceptors (Lipinski definition) is 18. The summed E-state index contributed by atoms with van der Waals surface area (Å²) in [7, 11) is 0. The molecule has 0 bridgehead atoms. The maximum atomic E-state index is 15.0. The summed E-state index contributed by atoms with van der Waals surface area (Å²) in [5.74, 6) is -6.25. The van der Waals surface area contributed by atoms with E-state index >= 15 is 8.78 Å². The van der Waals surface area contributed by atoms with Crippen LogP contribution in [0.1, 0.15) is 177 Å². The first-order valence-electron chi connectivity index (χ1n) is 40.5. The monoisotopic (exact) mass is 1640 g/mol. The molecule has 5 amide bonds. The van der Waals surface area contributed by atoms with Crippen LogP contribution in [0, 0.1) is 29.2 Å². The van der Waals surface area contributed by atoms with Crippen molar-refractivity contribution in [3.05, 3.63) is 118 Å². The number of amides is 5. The summed E-state index contributed by atoms with van der Waals surface area (Å²) >= 11 is 0. The summed E-state index contributed by atoms with van der Waals surface area (Å²) < 4.78 is 92.9. The van der Waals surface area contributed by atoms with Gasteiger partial charge in [-0.3, -0.25) is 43.2 Å². The second kappa shape index (κ2) is 36.6. The average molecular weight is 1640 g/mol. The predicted octanol–water partition coefficient (Wildman–Crippen LogP) is 12.0. The van der Waals surface area contributed by atoms with Crippen molar-refractivity contribution in [2.75, 3.05) is 26.2 Å². The molecule has 4 aromatic heterocycles. The molecule has 4 saturated heterocycles. The predicted molar refractivity (Wildman–Crippen MR) is 433 cm³/mol. The van der Waals surface area contributed by atoms with Gasteiger partial charge in [-0.25, -0.2) is 22.4 Å². The number of carbonyl (C=O) groups is 10. The second-order valence-corrected chi connectivity index (χ2v) is 33.5. The highest BCUT2D eigenvalue weighted by Gasteiger charge is 2.46. The first-order valence-corrected chi connectivity index (χ1v) is 40.5. The smallest absolute Gasteiger partial charge is 0.408 e. The number of carbonyl (C=O) groups excluding carboxylic acids is 10. The number of ether oxygens (including phenoxy) is 6. The Bertz CT molecular complexity index is 4800. The molecule has 0 radical (unpaired) electrons. The van der Waals surface area contributed by atoms with E-state index in [0.717, 1.165) is 21.9 Å². The zero-order chi connectivity index (χ0) is 85.8. The molecule has 4 aliphatic heterocycles. The first kappa shape index (κ1) is 88.0.